The third-order valence-corrected chi connectivity index (χ3v) is 11.6. The van der Waals surface area contributed by atoms with E-state index in [2.05, 4.69) is 56.3 Å². The van der Waals surface area contributed by atoms with E-state index in [0.29, 0.717) is 49.7 Å². The molecule has 4 N–H and O–H groups in total. The molecule has 1 fully saturated rings. The van der Waals surface area contributed by atoms with Gasteiger partial charge in [-0.1, -0.05) is 30.7 Å². The van der Waals surface area contributed by atoms with Crippen molar-refractivity contribution in [3.05, 3.63) is 100.0 Å². The summed E-state index contributed by atoms with van der Waals surface area (Å²) >= 11 is 0. The number of carbonyl (C=O) groups is 6. The van der Waals surface area contributed by atoms with E-state index < -0.39 is 29.7 Å². The molecule has 61 heavy (non-hydrogen) atoms. The van der Waals surface area contributed by atoms with Gasteiger partial charge in [0.2, 0.25) is 17.7 Å². The summed E-state index contributed by atoms with van der Waals surface area (Å²) in [4.78, 5) is 81.7. The molecule has 4 aliphatic rings. The number of rotatable bonds is 17. The first kappa shape index (κ1) is 43.3. The van der Waals surface area contributed by atoms with Gasteiger partial charge in [0.15, 0.2) is 5.91 Å². The first-order valence-corrected chi connectivity index (χ1v) is 20.7. The number of imidazole rings is 1. The molecule has 3 aliphatic heterocycles. The molecule has 3 aromatic carbocycles. The number of nitrogens with one attached hydrogen (secondary N) is 4. The second-order valence-corrected chi connectivity index (χ2v) is 15.6. The minimum Gasteiger partial charge on any atom is -0.551 e. The Morgan fingerprint density at radius 1 is 0.967 bits per heavy atom. The number of hydrogen-bond donors (Lipinski definition) is 4. The molecule has 4 aromatic rings. The topological polar surface area (TPSA) is 190 Å². The zero-order chi connectivity index (χ0) is 41.8. The van der Waals surface area contributed by atoms with Gasteiger partial charge in [-0.05, 0) is 61.4 Å². The van der Waals surface area contributed by atoms with Crippen LogP contribution in [-0.4, -0.2) is 95.4 Å². The van der Waals surface area contributed by atoms with Gasteiger partial charge >= 0.3 is 0 Å². The van der Waals surface area contributed by atoms with E-state index in [1.807, 2.05) is 6.92 Å². The molecule has 16 heteroatoms. The number of fused-ring (bicyclic) bond motifs is 3. The molecule has 0 spiro atoms. The Morgan fingerprint density at radius 3 is 2.67 bits per heavy atom. The van der Waals surface area contributed by atoms with Crippen LogP contribution in [0.4, 0.5) is 5.69 Å². The van der Waals surface area contributed by atoms with E-state index in [4.69, 9.17) is 14.5 Å². The third kappa shape index (κ3) is 9.56. The fourth-order valence-corrected chi connectivity index (χ4v) is 8.36. The van der Waals surface area contributed by atoms with Crippen LogP contribution in [0.3, 0.4) is 0 Å². The molecule has 0 bridgehead atoms. The van der Waals surface area contributed by atoms with Gasteiger partial charge in [-0.2, -0.15) is 12.1 Å². The van der Waals surface area contributed by atoms with Crippen molar-refractivity contribution in [2.75, 3.05) is 44.8 Å². The van der Waals surface area contributed by atoms with Crippen molar-refractivity contribution in [1.82, 2.24) is 30.4 Å². The summed E-state index contributed by atoms with van der Waals surface area (Å²) in [7, 11) is 0. The standard InChI is InChI=1S/C45H48N7O8.Co/c1-27-8-9-30(42(55)48-25-31-13-11-28-10-12-29(23-33(28)31)35-26-51-19-3-7-38(51)49-35)24-37(27)60-20-4-17-47-39(53)16-21-59-22-18-46-34-6-2-5-32-41(34)45(58)52(44(32)57)36-14-15-40(54)50-43(36)56;/h2,5-6,9-10,12,23-24,26,31,36,46H,3-4,7,11,13-22,25H2,1H3,(H,47,53)(H,48,55)(H,50,54,56);/q-1;/t31-,36?;/m0./s1. The average molecular weight is 874 g/mol. The third-order valence-electron chi connectivity index (χ3n) is 11.6. The minimum atomic E-state index is -1.04. The minimum absolute atomic E-state index is 0. The number of aryl methyl sites for hydroxylation is 4. The summed E-state index contributed by atoms with van der Waals surface area (Å²) in [5, 5.41) is 11.3. The fourth-order valence-electron chi connectivity index (χ4n) is 8.36. The predicted octanol–water partition coefficient (Wildman–Crippen LogP) is 3.87. The number of imide groups is 2. The van der Waals surface area contributed by atoms with Crippen LogP contribution in [-0.2, 0) is 55.3 Å². The van der Waals surface area contributed by atoms with Crippen LogP contribution in [0.1, 0.15) is 98.0 Å². The normalized spacial score (nSPS) is 17.6. The molecule has 0 saturated carbocycles. The number of amides is 6. The van der Waals surface area contributed by atoms with Crippen molar-refractivity contribution < 1.29 is 55.0 Å². The number of carbonyl (C=O) groups excluding carboxylic acids is 6. The molecule has 1 saturated heterocycles. The molecule has 321 valence electrons. The number of anilines is 1. The molecular formula is C45H48CoN7O8-. The van der Waals surface area contributed by atoms with Crippen LogP contribution in [0.2, 0.25) is 0 Å². The first-order valence-electron chi connectivity index (χ1n) is 20.7. The zero-order valence-electron chi connectivity index (χ0n) is 33.9. The largest absolute Gasteiger partial charge is 0.551 e. The van der Waals surface area contributed by atoms with E-state index >= 15 is 0 Å². The fraction of sp³-hybridized carbons (Fsp3) is 0.400. The van der Waals surface area contributed by atoms with E-state index in [0.717, 1.165) is 59.8 Å². The van der Waals surface area contributed by atoms with Crippen molar-refractivity contribution in [2.45, 2.75) is 76.8 Å². The number of ether oxygens (including phenoxy) is 2. The van der Waals surface area contributed by atoms with Crippen LogP contribution >= 0.6 is 0 Å². The monoisotopic (exact) mass is 873 g/mol. The van der Waals surface area contributed by atoms with Crippen LogP contribution in [0, 0.1) is 13.0 Å². The number of piperidine rings is 1. The molecule has 1 aliphatic carbocycles. The Labute approximate surface area is 363 Å². The summed E-state index contributed by atoms with van der Waals surface area (Å²) in [6, 6.07) is 17.0. The van der Waals surface area contributed by atoms with Crippen molar-refractivity contribution in [2.24, 2.45) is 0 Å². The van der Waals surface area contributed by atoms with Gasteiger partial charge < -0.3 is 30.0 Å². The van der Waals surface area contributed by atoms with Gasteiger partial charge in [0.1, 0.15) is 11.9 Å². The van der Waals surface area contributed by atoms with Crippen molar-refractivity contribution in [1.29, 1.82) is 0 Å². The molecule has 8 rings (SSSR count). The first-order chi connectivity index (χ1) is 29.1. The summed E-state index contributed by atoms with van der Waals surface area (Å²) in [6.07, 6.45) is 7.14. The Bertz CT molecular complexity index is 2340. The Balaban J connectivity index is 0.00000561. The number of nitrogens with zero attached hydrogens (tertiary/aromatic N) is 3. The van der Waals surface area contributed by atoms with Gasteiger partial charge in [0.05, 0.1) is 36.6 Å². The van der Waals surface area contributed by atoms with Crippen LogP contribution in [0.5, 0.6) is 5.75 Å². The molecule has 1 unspecified atom stereocenters. The Hall–Kier alpha value is -5.84. The van der Waals surface area contributed by atoms with Gasteiger partial charge in [0, 0.05) is 91.3 Å². The predicted molar refractivity (Wildman–Crippen MR) is 220 cm³/mol. The molecule has 6 amide bonds. The molecule has 2 atom stereocenters. The van der Waals surface area contributed by atoms with Gasteiger partial charge in [-0.25, -0.2) is 4.98 Å². The number of hydrogen-bond acceptors (Lipinski definition) is 10. The second-order valence-electron chi connectivity index (χ2n) is 15.6. The molecule has 4 heterocycles. The smallest absolute Gasteiger partial charge is 0.264 e. The maximum atomic E-state index is 13.3. The Morgan fingerprint density at radius 2 is 1.84 bits per heavy atom. The Kier molecular flexibility index (Phi) is 13.7. The van der Waals surface area contributed by atoms with E-state index in [1.54, 1.807) is 24.3 Å². The number of benzene rings is 3. The molecular weight excluding hydrogens is 825 g/mol. The SMILES string of the molecule is Cc1[c-]cc(C(=O)NC[C@@H]2CCc3ccc(-c4cn5c(n4)CCC5)cc32)cc1OCCCNC(=O)CCOCCNc1cccc2c1C(=O)N(C1CCC(=O)NC1=O)C2=O.[Co]. The van der Waals surface area contributed by atoms with Gasteiger partial charge in [-0.15, -0.1) is 11.6 Å². The van der Waals surface area contributed by atoms with Crippen LogP contribution < -0.4 is 26.0 Å². The summed E-state index contributed by atoms with van der Waals surface area (Å²) in [5.74, 6) is -0.654. The van der Waals surface area contributed by atoms with Crippen LogP contribution in [0.25, 0.3) is 11.3 Å². The van der Waals surface area contributed by atoms with Gasteiger partial charge in [-0.3, -0.25) is 39.0 Å². The quantitative estimate of drug-likeness (QED) is 0.0689. The summed E-state index contributed by atoms with van der Waals surface area (Å²) < 4.78 is 13.9. The van der Waals surface area contributed by atoms with Crippen molar-refractivity contribution in [3.63, 3.8) is 0 Å². The zero-order valence-corrected chi connectivity index (χ0v) is 34.9. The molecule has 1 radical (unpaired) electrons. The van der Waals surface area contributed by atoms with E-state index in [-0.39, 0.29) is 78.1 Å². The molecule has 1 aromatic heterocycles. The average Bonchev–Trinajstić information content (AvgIpc) is 4.02. The summed E-state index contributed by atoms with van der Waals surface area (Å²) in [6.45, 7) is 4.91. The van der Waals surface area contributed by atoms with Crippen LogP contribution in [0.15, 0.2) is 54.7 Å². The van der Waals surface area contributed by atoms with Crippen molar-refractivity contribution in [3.8, 4) is 17.0 Å². The maximum Gasteiger partial charge on any atom is 0.264 e. The van der Waals surface area contributed by atoms with E-state index in [1.165, 1.54) is 17.2 Å². The summed E-state index contributed by atoms with van der Waals surface area (Å²) in [5.41, 5.74) is 6.80. The maximum absolute atomic E-state index is 13.3. The second kappa shape index (κ2) is 19.3. The number of aromatic nitrogens is 2. The van der Waals surface area contributed by atoms with Gasteiger partial charge in [0.25, 0.3) is 11.8 Å². The molecule has 15 nitrogen and oxygen atoms in total. The van der Waals surface area contributed by atoms with E-state index in [9.17, 15) is 28.8 Å². The van der Waals surface area contributed by atoms with Crippen molar-refractivity contribution >= 4 is 41.1 Å².